The summed E-state index contributed by atoms with van der Waals surface area (Å²) in [4.78, 5) is 26.3. The van der Waals surface area contributed by atoms with Gasteiger partial charge in [0, 0.05) is 24.3 Å². The van der Waals surface area contributed by atoms with Gasteiger partial charge in [-0.05, 0) is 42.8 Å². The number of carbonyl (C=O) groups is 2. The van der Waals surface area contributed by atoms with Gasteiger partial charge >= 0.3 is 0 Å². The van der Waals surface area contributed by atoms with E-state index in [0.29, 0.717) is 35.7 Å². The van der Waals surface area contributed by atoms with Crippen LogP contribution in [0.3, 0.4) is 0 Å². The van der Waals surface area contributed by atoms with Gasteiger partial charge in [0.15, 0.2) is 0 Å². The average molecular weight is 340 g/mol. The van der Waals surface area contributed by atoms with E-state index in [1.165, 1.54) is 7.11 Å². The molecule has 2 aromatic carbocycles. The predicted molar refractivity (Wildman–Crippen MR) is 95.5 cm³/mol. The third-order valence-electron chi connectivity index (χ3n) is 4.14. The summed E-state index contributed by atoms with van der Waals surface area (Å²) in [6, 6.07) is 12.3. The first-order valence-corrected chi connectivity index (χ1v) is 8.06. The van der Waals surface area contributed by atoms with Gasteiger partial charge in [-0.3, -0.25) is 9.59 Å². The summed E-state index contributed by atoms with van der Waals surface area (Å²) in [6.45, 7) is 0.708. The van der Waals surface area contributed by atoms with Crippen molar-refractivity contribution in [2.75, 3.05) is 31.0 Å². The highest BCUT2D eigenvalue weighted by Crippen LogP contribution is 2.27. The summed E-state index contributed by atoms with van der Waals surface area (Å²) >= 11 is 0. The number of methoxy groups -OCH3 is 2. The van der Waals surface area contributed by atoms with Crippen LogP contribution >= 0.6 is 0 Å². The van der Waals surface area contributed by atoms with Gasteiger partial charge in [-0.15, -0.1) is 0 Å². The molecule has 0 unspecified atom stereocenters. The van der Waals surface area contributed by atoms with Crippen LogP contribution in [0, 0.1) is 0 Å². The van der Waals surface area contributed by atoms with Gasteiger partial charge < -0.3 is 19.7 Å². The number of rotatable bonds is 5. The third-order valence-corrected chi connectivity index (χ3v) is 4.14. The van der Waals surface area contributed by atoms with Gasteiger partial charge in [-0.2, -0.15) is 0 Å². The molecule has 1 saturated heterocycles. The predicted octanol–water partition coefficient (Wildman–Crippen LogP) is 3.08. The first-order chi connectivity index (χ1) is 12.1. The lowest BCUT2D eigenvalue weighted by atomic mass is 10.1. The first kappa shape index (κ1) is 16.8. The molecule has 1 aliphatic rings. The minimum absolute atomic E-state index is 0.109. The molecule has 6 nitrogen and oxygen atoms in total. The van der Waals surface area contributed by atoms with Crippen LogP contribution in [-0.4, -0.2) is 32.6 Å². The van der Waals surface area contributed by atoms with Gasteiger partial charge in [-0.1, -0.05) is 6.07 Å². The van der Waals surface area contributed by atoms with E-state index in [9.17, 15) is 9.59 Å². The highest BCUT2D eigenvalue weighted by Gasteiger charge is 2.22. The minimum atomic E-state index is -0.305. The lowest BCUT2D eigenvalue weighted by Gasteiger charge is -2.17. The summed E-state index contributed by atoms with van der Waals surface area (Å²) in [6.07, 6.45) is 1.42. The lowest BCUT2D eigenvalue weighted by Crippen LogP contribution is -2.23. The van der Waals surface area contributed by atoms with E-state index >= 15 is 0 Å². The van der Waals surface area contributed by atoms with Crippen LogP contribution in [0.5, 0.6) is 11.5 Å². The van der Waals surface area contributed by atoms with Crippen LogP contribution in [0.25, 0.3) is 0 Å². The molecule has 2 aromatic rings. The van der Waals surface area contributed by atoms with E-state index in [1.54, 1.807) is 42.3 Å². The van der Waals surface area contributed by atoms with Crippen molar-refractivity contribution in [3.63, 3.8) is 0 Å². The fraction of sp³-hybridized carbons (Fsp3) is 0.263. The van der Waals surface area contributed by atoms with Crippen molar-refractivity contribution in [1.29, 1.82) is 0 Å². The molecule has 1 aliphatic heterocycles. The maximum Gasteiger partial charge on any atom is 0.259 e. The van der Waals surface area contributed by atoms with Crippen LogP contribution in [0.1, 0.15) is 23.2 Å². The Hall–Kier alpha value is -3.02. The lowest BCUT2D eigenvalue weighted by molar-refractivity contribution is -0.117. The molecule has 130 valence electrons. The van der Waals surface area contributed by atoms with Crippen LogP contribution in [0.15, 0.2) is 42.5 Å². The second-order valence-electron chi connectivity index (χ2n) is 5.72. The number of carbonyl (C=O) groups excluding carboxylic acids is 2. The quantitative estimate of drug-likeness (QED) is 0.908. The highest BCUT2D eigenvalue weighted by atomic mass is 16.5. The number of amides is 2. The molecule has 25 heavy (non-hydrogen) atoms. The Bertz CT molecular complexity index is 804. The van der Waals surface area contributed by atoms with Crippen molar-refractivity contribution < 1.29 is 19.1 Å². The van der Waals surface area contributed by atoms with E-state index in [0.717, 1.165) is 12.1 Å². The minimum Gasteiger partial charge on any atom is -0.497 e. The average Bonchev–Trinajstić information content (AvgIpc) is 3.07. The van der Waals surface area contributed by atoms with Gasteiger partial charge in [0.05, 0.1) is 19.8 Å². The molecule has 2 amide bonds. The number of hydrogen-bond acceptors (Lipinski definition) is 4. The Labute approximate surface area is 146 Å². The Balaban J connectivity index is 1.83. The van der Waals surface area contributed by atoms with Crippen LogP contribution in [-0.2, 0) is 4.79 Å². The first-order valence-electron chi connectivity index (χ1n) is 8.06. The van der Waals surface area contributed by atoms with Crippen molar-refractivity contribution in [1.82, 2.24) is 0 Å². The maximum absolute atomic E-state index is 12.6. The van der Waals surface area contributed by atoms with Crippen molar-refractivity contribution in [3.05, 3.63) is 48.0 Å². The van der Waals surface area contributed by atoms with Crippen molar-refractivity contribution in [2.45, 2.75) is 12.8 Å². The van der Waals surface area contributed by atoms with Crippen LogP contribution < -0.4 is 19.7 Å². The van der Waals surface area contributed by atoms with E-state index in [4.69, 9.17) is 9.47 Å². The smallest absolute Gasteiger partial charge is 0.259 e. The van der Waals surface area contributed by atoms with Gasteiger partial charge in [0.2, 0.25) is 5.91 Å². The standard InChI is InChI=1S/C19H20N2O4/c1-24-15-8-9-17(25-2)16(12-15)19(23)20-13-5-3-6-14(11-13)21-10-4-7-18(21)22/h3,5-6,8-9,11-12H,4,7,10H2,1-2H3,(H,20,23). The number of nitrogens with one attached hydrogen (secondary N) is 1. The molecule has 0 spiro atoms. The van der Waals surface area contributed by atoms with E-state index in [1.807, 2.05) is 12.1 Å². The fourth-order valence-electron chi connectivity index (χ4n) is 2.86. The van der Waals surface area contributed by atoms with Crippen molar-refractivity contribution >= 4 is 23.2 Å². The summed E-state index contributed by atoms with van der Waals surface area (Å²) in [5, 5.41) is 2.85. The third kappa shape index (κ3) is 3.57. The van der Waals surface area contributed by atoms with Crippen LogP contribution in [0.4, 0.5) is 11.4 Å². The summed E-state index contributed by atoms with van der Waals surface area (Å²) in [7, 11) is 3.05. The molecule has 0 saturated carbocycles. The van der Waals surface area contributed by atoms with Crippen molar-refractivity contribution in [3.8, 4) is 11.5 Å². The number of benzene rings is 2. The second kappa shape index (κ2) is 7.25. The molecule has 0 aliphatic carbocycles. The zero-order valence-electron chi connectivity index (χ0n) is 14.2. The van der Waals surface area contributed by atoms with Gasteiger partial charge in [0.1, 0.15) is 11.5 Å². The van der Waals surface area contributed by atoms with E-state index < -0.39 is 0 Å². The zero-order valence-corrected chi connectivity index (χ0v) is 14.2. The molecule has 3 rings (SSSR count). The molecule has 0 bridgehead atoms. The molecule has 0 aromatic heterocycles. The Morgan fingerprint density at radius 2 is 1.96 bits per heavy atom. The number of nitrogens with zero attached hydrogens (tertiary/aromatic N) is 1. The fourth-order valence-corrected chi connectivity index (χ4v) is 2.86. The Kier molecular flexibility index (Phi) is 4.88. The molecule has 0 atom stereocenters. The largest absolute Gasteiger partial charge is 0.497 e. The van der Waals surface area contributed by atoms with E-state index in [-0.39, 0.29) is 11.8 Å². The topological polar surface area (TPSA) is 67.9 Å². The number of hydrogen-bond donors (Lipinski definition) is 1. The molecular weight excluding hydrogens is 320 g/mol. The van der Waals surface area contributed by atoms with Gasteiger partial charge in [-0.25, -0.2) is 0 Å². The summed E-state index contributed by atoms with van der Waals surface area (Å²) in [5.41, 5.74) is 1.79. The Morgan fingerprint density at radius 1 is 1.12 bits per heavy atom. The second-order valence-corrected chi connectivity index (χ2v) is 5.72. The zero-order chi connectivity index (χ0) is 17.8. The number of anilines is 2. The molecular formula is C19H20N2O4. The highest BCUT2D eigenvalue weighted by molar-refractivity contribution is 6.07. The molecule has 1 fully saturated rings. The molecule has 1 heterocycles. The Morgan fingerprint density at radius 3 is 2.64 bits per heavy atom. The molecule has 0 radical (unpaired) electrons. The normalized spacial score (nSPS) is 13.7. The number of ether oxygens (including phenoxy) is 2. The summed E-state index contributed by atoms with van der Waals surface area (Å²) < 4.78 is 10.4. The van der Waals surface area contributed by atoms with Crippen LogP contribution in [0.2, 0.25) is 0 Å². The SMILES string of the molecule is COc1ccc(OC)c(C(=O)Nc2cccc(N3CCCC3=O)c2)c1. The summed E-state index contributed by atoms with van der Waals surface area (Å²) in [5.74, 6) is 0.838. The molecule has 1 N–H and O–H groups in total. The molecule has 6 heteroatoms. The van der Waals surface area contributed by atoms with E-state index in [2.05, 4.69) is 5.32 Å². The van der Waals surface area contributed by atoms with Crippen molar-refractivity contribution in [2.24, 2.45) is 0 Å². The maximum atomic E-state index is 12.6. The van der Waals surface area contributed by atoms with Gasteiger partial charge in [0.25, 0.3) is 5.91 Å². The monoisotopic (exact) mass is 340 g/mol.